The van der Waals surface area contributed by atoms with Crippen molar-refractivity contribution in [3.8, 4) is 0 Å². The zero-order valence-corrected chi connectivity index (χ0v) is 8.99. The summed E-state index contributed by atoms with van der Waals surface area (Å²) in [6.45, 7) is 1.94. The van der Waals surface area contributed by atoms with Crippen molar-refractivity contribution in [3.63, 3.8) is 0 Å². The number of carbonyl (C=O) groups excluding carboxylic acids is 1. The largest absolute Gasteiger partial charge is 0.349 e. The predicted octanol–water partition coefficient (Wildman–Crippen LogP) is 2.06. The van der Waals surface area contributed by atoms with Gasteiger partial charge < -0.3 is 5.32 Å². The Kier molecular flexibility index (Phi) is 2.99. The van der Waals surface area contributed by atoms with Crippen LogP contribution < -0.4 is 5.32 Å². The third kappa shape index (κ3) is 2.35. The van der Waals surface area contributed by atoms with Crippen LogP contribution in [0.5, 0.6) is 0 Å². The molecular formula is C12H16N2O. The Hall–Kier alpha value is -1.38. The van der Waals surface area contributed by atoms with Gasteiger partial charge in [-0.3, -0.25) is 9.78 Å². The van der Waals surface area contributed by atoms with Gasteiger partial charge in [0.15, 0.2) is 0 Å². The molecule has 80 valence electrons. The van der Waals surface area contributed by atoms with Crippen LogP contribution in [0.4, 0.5) is 0 Å². The summed E-state index contributed by atoms with van der Waals surface area (Å²) in [5, 5.41) is 3.06. The zero-order chi connectivity index (χ0) is 10.7. The first-order valence-corrected chi connectivity index (χ1v) is 5.49. The molecule has 0 radical (unpaired) electrons. The second-order valence-electron chi connectivity index (χ2n) is 4.15. The average molecular weight is 204 g/mol. The number of nitrogens with one attached hydrogen (secondary N) is 1. The van der Waals surface area contributed by atoms with Crippen LogP contribution in [0.2, 0.25) is 0 Å². The van der Waals surface area contributed by atoms with E-state index < -0.39 is 0 Å². The molecule has 1 heterocycles. The molecule has 1 saturated carbocycles. The summed E-state index contributed by atoms with van der Waals surface area (Å²) in [7, 11) is 0. The highest BCUT2D eigenvalue weighted by Gasteiger charge is 2.18. The number of nitrogens with zero attached hydrogens (tertiary/aromatic N) is 1. The molecule has 1 amide bonds. The van der Waals surface area contributed by atoms with Crippen molar-refractivity contribution >= 4 is 5.91 Å². The summed E-state index contributed by atoms with van der Waals surface area (Å²) in [6, 6.07) is 2.24. The number of rotatable bonds is 2. The molecule has 1 fully saturated rings. The number of aromatic nitrogens is 1. The normalized spacial score (nSPS) is 16.6. The van der Waals surface area contributed by atoms with Crippen molar-refractivity contribution in [3.05, 3.63) is 29.6 Å². The Morgan fingerprint density at radius 1 is 1.47 bits per heavy atom. The number of hydrogen-bond donors (Lipinski definition) is 1. The van der Waals surface area contributed by atoms with E-state index >= 15 is 0 Å². The second-order valence-corrected chi connectivity index (χ2v) is 4.15. The Balaban J connectivity index is 2.04. The molecule has 0 bridgehead atoms. The summed E-state index contributed by atoms with van der Waals surface area (Å²) < 4.78 is 0. The van der Waals surface area contributed by atoms with E-state index in [4.69, 9.17) is 0 Å². The molecule has 3 nitrogen and oxygen atoms in total. The fraction of sp³-hybridized carbons (Fsp3) is 0.500. The first-order chi connectivity index (χ1) is 7.27. The van der Waals surface area contributed by atoms with E-state index in [1.165, 1.54) is 12.8 Å². The lowest BCUT2D eigenvalue weighted by Gasteiger charge is -2.12. The molecule has 2 rings (SSSR count). The molecule has 15 heavy (non-hydrogen) atoms. The van der Waals surface area contributed by atoms with Gasteiger partial charge in [-0.25, -0.2) is 0 Å². The van der Waals surface area contributed by atoms with Gasteiger partial charge in [-0.15, -0.1) is 0 Å². The minimum Gasteiger partial charge on any atom is -0.349 e. The molecule has 0 unspecified atom stereocenters. The number of pyridine rings is 1. The van der Waals surface area contributed by atoms with E-state index in [1.54, 1.807) is 12.4 Å². The van der Waals surface area contributed by atoms with Crippen LogP contribution >= 0.6 is 0 Å². The third-order valence-corrected chi connectivity index (χ3v) is 2.97. The van der Waals surface area contributed by atoms with Crippen LogP contribution in [0.25, 0.3) is 0 Å². The lowest BCUT2D eigenvalue weighted by atomic mass is 10.1. The van der Waals surface area contributed by atoms with Crippen molar-refractivity contribution in [1.82, 2.24) is 10.3 Å². The first kappa shape index (κ1) is 10.1. The smallest absolute Gasteiger partial charge is 0.253 e. The van der Waals surface area contributed by atoms with Crippen LogP contribution in [0.3, 0.4) is 0 Å². The standard InChI is InChI=1S/C12H16N2O/c1-9-6-7-13-8-11(9)12(15)14-10-4-2-3-5-10/h6-8,10H,2-5H2,1H3,(H,14,15). The SMILES string of the molecule is Cc1ccncc1C(=O)NC1CCCC1. The van der Waals surface area contributed by atoms with E-state index in [-0.39, 0.29) is 5.91 Å². The summed E-state index contributed by atoms with van der Waals surface area (Å²) in [6.07, 6.45) is 8.05. The monoisotopic (exact) mass is 204 g/mol. The molecule has 0 aliphatic heterocycles. The van der Waals surface area contributed by atoms with E-state index in [0.29, 0.717) is 11.6 Å². The van der Waals surface area contributed by atoms with Gasteiger partial charge in [0.05, 0.1) is 5.56 Å². The molecule has 1 aromatic rings. The van der Waals surface area contributed by atoms with Gasteiger partial charge >= 0.3 is 0 Å². The van der Waals surface area contributed by atoms with Gasteiger partial charge in [-0.1, -0.05) is 12.8 Å². The van der Waals surface area contributed by atoms with Crippen molar-refractivity contribution in [2.75, 3.05) is 0 Å². The zero-order valence-electron chi connectivity index (χ0n) is 8.99. The molecule has 1 N–H and O–H groups in total. The first-order valence-electron chi connectivity index (χ1n) is 5.49. The van der Waals surface area contributed by atoms with E-state index in [1.807, 2.05) is 13.0 Å². The maximum atomic E-state index is 11.9. The third-order valence-electron chi connectivity index (χ3n) is 2.97. The Bertz CT molecular complexity index is 356. The minimum atomic E-state index is 0.0208. The summed E-state index contributed by atoms with van der Waals surface area (Å²) in [5.41, 5.74) is 1.69. The van der Waals surface area contributed by atoms with Crippen LogP contribution in [0.15, 0.2) is 18.5 Å². The highest BCUT2D eigenvalue weighted by molar-refractivity contribution is 5.95. The van der Waals surface area contributed by atoms with Crippen molar-refractivity contribution in [1.29, 1.82) is 0 Å². The molecule has 0 aromatic carbocycles. The fourth-order valence-corrected chi connectivity index (χ4v) is 2.04. The van der Waals surface area contributed by atoms with Gasteiger partial charge in [-0.05, 0) is 31.4 Å². The summed E-state index contributed by atoms with van der Waals surface area (Å²) >= 11 is 0. The molecular weight excluding hydrogens is 188 g/mol. The maximum Gasteiger partial charge on any atom is 0.253 e. The molecule has 1 aliphatic carbocycles. The number of carbonyl (C=O) groups is 1. The highest BCUT2D eigenvalue weighted by Crippen LogP contribution is 2.18. The Labute approximate surface area is 89.9 Å². The van der Waals surface area contributed by atoms with Crippen molar-refractivity contribution in [2.24, 2.45) is 0 Å². The molecule has 1 aliphatic rings. The number of hydrogen-bond acceptors (Lipinski definition) is 2. The molecule has 0 spiro atoms. The number of amides is 1. The van der Waals surface area contributed by atoms with Crippen LogP contribution in [0.1, 0.15) is 41.6 Å². The van der Waals surface area contributed by atoms with Gasteiger partial charge in [0, 0.05) is 18.4 Å². The van der Waals surface area contributed by atoms with Crippen LogP contribution in [-0.2, 0) is 0 Å². The number of aryl methyl sites for hydroxylation is 1. The fourth-order valence-electron chi connectivity index (χ4n) is 2.04. The van der Waals surface area contributed by atoms with Gasteiger partial charge in [0.25, 0.3) is 5.91 Å². The van der Waals surface area contributed by atoms with E-state index in [2.05, 4.69) is 10.3 Å². The summed E-state index contributed by atoms with van der Waals surface area (Å²) in [4.78, 5) is 15.9. The molecule has 1 aromatic heterocycles. The molecule has 3 heteroatoms. The Morgan fingerprint density at radius 3 is 2.87 bits per heavy atom. The van der Waals surface area contributed by atoms with Crippen LogP contribution in [0, 0.1) is 6.92 Å². The lowest BCUT2D eigenvalue weighted by Crippen LogP contribution is -2.33. The van der Waals surface area contributed by atoms with E-state index in [9.17, 15) is 4.79 Å². The quantitative estimate of drug-likeness (QED) is 0.801. The van der Waals surface area contributed by atoms with E-state index in [0.717, 1.165) is 18.4 Å². The second kappa shape index (κ2) is 4.43. The predicted molar refractivity (Wildman–Crippen MR) is 58.7 cm³/mol. The Morgan fingerprint density at radius 2 is 2.20 bits per heavy atom. The van der Waals surface area contributed by atoms with Crippen molar-refractivity contribution < 1.29 is 4.79 Å². The van der Waals surface area contributed by atoms with Gasteiger partial charge in [-0.2, -0.15) is 0 Å². The highest BCUT2D eigenvalue weighted by atomic mass is 16.1. The minimum absolute atomic E-state index is 0.0208. The average Bonchev–Trinajstić information content (AvgIpc) is 2.71. The molecule has 0 saturated heterocycles. The molecule has 0 atom stereocenters. The lowest BCUT2D eigenvalue weighted by molar-refractivity contribution is 0.0937. The van der Waals surface area contributed by atoms with Crippen molar-refractivity contribution in [2.45, 2.75) is 38.6 Å². The van der Waals surface area contributed by atoms with Crippen LogP contribution in [-0.4, -0.2) is 16.9 Å². The van der Waals surface area contributed by atoms with Gasteiger partial charge in [0.1, 0.15) is 0 Å². The van der Waals surface area contributed by atoms with Gasteiger partial charge in [0.2, 0.25) is 0 Å². The summed E-state index contributed by atoms with van der Waals surface area (Å²) in [5.74, 6) is 0.0208. The topological polar surface area (TPSA) is 42.0 Å². The maximum absolute atomic E-state index is 11.9.